The molecule has 7 heteroatoms. The Kier molecular flexibility index (Phi) is 6.67. The predicted octanol–water partition coefficient (Wildman–Crippen LogP) is 0.921. The SMILES string of the molecule is CCN(CC)CCOC1CCN(C(=O)C2(n3cccn3)CCNCC2)C1. The Balaban J connectivity index is 1.57. The van der Waals surface area contributed by atoms with Crippen molar-refractivity contribution in [3.8, 4) is 0 Å². The Labute approximate surface area is 156 Å². The standard InChI is InChI=1S/C19H33N5O2/c1-3-22(4-2)14-15-26-17-6-13-23(16-17)18(25)19(7-10-20-11-8-19)24-12-5-9-21-24/h5,9,12,17,20H,3-4,6-8,10-11,13-16H2,1-2H3. The fraction of sp³-hybridized carbons (Fsp3) is 0.789. The highest BCUT2D eigenvalue weighted by Gasteiger charge is 2.45. The fourth-order valence-electron chi connectivity index (χ4n) is 4.13. The maximum Gasteiger partial charge on any atom is 0.250 e. The van der Waals surface area contributed by atoms with E-state index in [9.17, 15) is 4.79 Å². The minimum absolute atomic E-state index is 0.158. The van der Waals surface area contributed by atoms with Crippen LogP contribution in [-0.4, -0.2) is 84.0 Å². The Morgan fingerprint density at radius 1 is 1.35 bits per heavy atom. The number of piperidine rings is 1. The van der Waals surface area contributed by atoms with E-state index in [1.165, 1.54) is 0 Å². The number of hydrogen-bond donors (Lipinski definition) is 1. The monoisotopic (exact) mass is 363 g/mol. The lowest BCUT2D eigenvalue weighted by Crippen LogP contribution is -2.55. The number of carbonyl (C=O) groups is 1. The van der Waals surface area contributed by atoms with Crippen molar-refractivity contribution in [3.05, 3.63) is 18.5 Å². The summed E-state index contributed by atoms with van der Waals surface area (Å²) in [6.07, 6.45) is 6.36. The summed E-state index contributed by atoms with van der Waals surface area (Å²) in [7, 11) is 0. The maximum atomic E-state index is 13.4. The first-order valence-electron chi connectivity index (χ1n) is 10.0. The first-order valence-corrected chi connectivity index (χ1v) is 10.0. The van der Waals surface area contributed by atoms with Crippen LogP contribution in [0.4, 0.5) is 0 Å². The minimum atomic E-state index is -0.537. The van der Waals surface area contributed by atoms with Gasteiger partial charge in [-0.25, -0.2) is 0 Å². The van der Waals surface area contributed by atoms with Crippen molar-refractivity contribution in [2.24, 2.45) is 0 Å². The molecule has 1 aromatic heterocycles. The van der Waals surface area contributed by atoms with Gasteiger partial charge >= 0.3 is 0 Å². The second-order valence-electron chi connectivity index (χ2n) is 7.29. The van der Waals surface area contributed by atoms with Crippen LogP contribution in [0, 0.1) is 0 Å². The van der Waals surface area contributed by atoms with Crippen LogP contribution in [0.3, 0.4) is 0 Å². The summed E-state index contributed by atoms with van der Waals surface area (Å²) in [5.41, 5.74) is -0.537. The number of amides is 1. The largest absolute Gasteiger partial charge is 0.375 e. The van der Waals surface area contributed by atoms with Gasteiger partial charge in [0.2, 0.25) is 0 Å². The topological polar surface area (TPSA) is 62.6 Å². The van der Waals surface area contributed by atoms with Gasteiger partial charge in [-0.1, -0.05) is 13.8 Å². The first kappa shape index (κ1) is 19.3. The van der Waals surface area contributed by atoms with Gasteiger partial charge in [0.05, 0.1) is 12.7 Å². The number of hydrogen-bond acceptors (Lipinski definition) is 5. The molecular weight excluding hydrogens is 330 g/mol. The van der Waals surface area contributed by atoms with Crippen molar-refractivity contribution in [2.45, 2.75) is 44.8 Å². The van der Waals surface area contributed by atoms with E-state index in [2.05, 4.69) is 29.2 Å². The van der Waals surface area contributed by atoms with Gasteiger partial charge in [0.1, 0.15) is 5.54 Å². The zero-order valence-electron chi connectivity index (χ0n) is 16.2. The summed E-state index contributed by atoms with van der Waals surface area (Å²) in [6.45, 7) is 11.3. The summed E-state index contributed by atoms with van der Waals surface area (Å²) in [6, 6.07) is 1.90. The van der Waals surface area contributed by atoms with Crippen LogP contribution >= 0.6 is 0 Å². The predicted molar refractivity (Wildman–Crippen MR) is 101 cm³/mol. The van der Waals surface area contributed by atoms with E-state index >= 15 is 0 Å². The van der Waals surface area contributed by atoms with E-state index in [4.69, 9.17) is 4.74 Å². The molecule has 2 aliphatic rings. The number of aromatic nitrogens is 2. The van der Waals surface area contributed by atoms with Crippen LogP contribution in [0.5, 0.6) is 0 Å². The lowest BCUT2D eigenvalue weighted by atomic mass is 9.87. The fourth-order valence-corrected chi connectivity index (χ4v) is 4.13. The van der Waals surface area contributed by atoms with Gasteiger partial charge < -0.3 is 19.9 Å². The van der Waals surface area contributed by atoms with Gasteiger partial charge in [-0.2, -0.15) is 5.10 Å². The first-order chi connectivity index (χ1) is 12.7. The Hall–Kier alpha value is -1.44. The molecule has 0 aliphatic carbocycles. The molecule has 2 saturated heterocycles. The molecule has 26 heavy (non-hydrogen) atoms. The summed E-state index contributed by atoms with van der Waals surface area (Å²) in [4.78, 5) is 17.8. The molecule has 7 nitrogen and oxygen atoms in total. The molecule has 1 unspecified atom stereocenters. The third-order valence-electron chi connectivity index (χ3n) is 5.86. The highest BCUT2D eigenvalue weighted by atomic mass is 16.5. The maximum absolute atomic E-state index is 13.4. The Bertz CT molecular complexity index is 552. The second kappa shape index (κ2) is 8.97. The zero-order chi connectivity index (χ0) is 18.4. The van der Waals surface area contributed by atoms with Crippen LogP contribution < -0.4 is 5.32 Å². The molecule has 1 aromatic rings. The van der Waals surface area contributed by atoms with Gasteiger partial charge in [0, 0.05) is 32.0 Å². The average Bonchev–Trinajstić information content (AvgIpc) is 3.37. The number of nitrogens with zero attached hydrogens (tertiary/aromatic N) is 4. The molecule has 0 saturated carbocycles. The van der Waals surface area contributed by atoms with Crippen molar-refractivity contribution in [2.75, 3.05) is 52.4 Å². The highest BCUT2D eigenvalue weighted by molar-refractivity contribution is 5.85. The van der Waals surface area contributed by atoms with Gasteiger partial charge in [0.25, 0.3) is 5.91 Å². The molecule has 146 valence electrons. The summed E-state index contributed by atoms with van der Waals surface area (Å²) in [5.74, 6) is 0.206. The lowest BCUT2D eigenvalue weighted by molar-refractivity contribution is -0.142. The number of nitrogens with one attached hydrogen (secondary N) is 1. The molecule has 0 radical (unpaired) electrons. The molecule has 0 bridgehead atoms. The summed E-state index contributed by atoms with van der Waals surface area (Å²) >= 11 is 0. The molecule has 2 fully saturated rings. The molecule has 1 atom stereocenters. The number of carbonyl (C=O) groups excluding carboxylic acids is 1. The van der Waals surface area contributed by atoms with E-state index in [1.807, 2.05) is 21.8 Å². The summed E-state index contributed by atoms with van der Waals surface area (Å²) < 4.78 is 7.94. The average molecular weight is 364 g/mol. The van der Waals surface area contributed by atoms with Crippen molar-refractivity contribution in [1.29, 1.82) is 0 Å². The number of likely N-dealkylation sites (N-methyl/N-ethyl adjacent to an activating group) is 1. The smallest absolute Gasteiger partial charge is 0.250 e. The third kappa shape index (κ3) is 4.10. The number of ether oxygens (including phenoxy) is 1. The van der Waals surface area contributed by atoms with E-state index in [0.717, 1.165) is 65.1 Å². The van der Waals surface area contributed by atoms with E-state index in [-0.39, 0.29) is 12.0 Å². The highest BCUT2D eigenvalue weighted by Crippen LogP contribution is 2.31. The molecule has 0 aromatic carbocycles. The van der Waals surface area contributed by atoms with E-state index < -0.39 is 5.54 Å². The molecule has 1 amide bonds. The Morgan fingerprint density at radius 2 is 2.12 bits per heavy atom. The van der Waals surface area contributed by atoms with Crippen LogP contribution in [0.2, 0.25) is 0 Å². The van der Waals surface area contributed by atoms with Gasteiger partial charge in [-0.3, -0.25) is 9.48 Å². The normalized spacial score (nSPS) is 22.9. The quantitative estimate of drug-likeness (QED) is 0.744. The van der Waals surface area contributed by atoms with E-state index in [1.54, 1.807) is 6.20 Å². The Morgan fingerprint density at radius 3 is 2.77 bits per heavy atom. The number of likely N-dealkylation sites (tertiary alicyclic amines) is 1. The minimum Gasteiger partial charge on any atom is -0.375 e. The van der Waals surface area contributed by atoms with Crippen LogP contribution in [0.15, 0.2) is 18.5 Å². The zero-order valence-corrected chi connectivity index (χ0v) is 16.2. The van der Waals surface area contributed by atoms with E-state index in [0.29, 0.717) is 6.54 Å². The lowest BCUT2D eigenvalue weighted by Gasteiger charge is -2.39. The number of rotatable bonds is 8. The van der Waals surface area contributed by atoms with Gasteiger partial charge in [-0.05, 0) is 51.5 Å². The van der Waals surface area contributed by atoms with Gasteiger partial charge in [0.15, 0.2) is 0 Å². The van der Waals surface area contributed by atoms with Crippen molar-refractivity contribution < 1.29 is 9.53 Å². The van der Waals surface area contributed by atoms with Crippen LogP contribution in [0.25, 0.3) is 0 Å². The molecule has 1 N–H and O–H groups in total. The molecule has 3 rings (SSSR count). The third-order valence-corrected chi connectivity index (χ3v) is 5.86. The molecular formula is C19H33N5O2. The molecule has 2 aliphatic heterocycles. The van der Waals surface area contributed by atoms with Crippen LogP contribution in [-0.2, 0) is 15.1 Å². The van der Waals surface area contributed by atoms with Crippen molar-refractivity contribution in [1.82, 2.24) is 24.9 Å². The van der Waals surface area contributed by atoms with Crippen molar-refractivity contribution in [3.63, 3.8) is 0 Å². The summed E-state index contributed by atoms with van der Waals surface area (Å²) in [5, 5.41) is 7.78. The second-order valence-corrected chi connectivity index (χ2v) is 7.29. The molecule has 3 heterocycles. The van der Waals surface area contributed by atoms with Crippen LogP contribution in [0.1, 0.15) is 33.1 Å². The van der Waals surface area contributed by atoms with Crippen molar-refractivity contribution >= 4 is 5.91 Å². The molecule has 0 spiro atoms. The van der Waals surface area contributed by atoms with Gasteiger partial charge in [-0.15, -0.1) is 0 Å².